The molecule has 0 fully saturated rings. The van der Waals surface area contributed by atoms with Gasteiger partial charge in [0.05, 0.1) is 0 Å². The van der Waals surface area contributed by atoms with Crippen LogP contribution in [0.15, 0.2) is 59.2 Å². The predicted octanol–water partition coefficient (Wildman–Crippen LogP) is 5.43. The van der Waals surface area contributed by atoms with E-state index in [1.165, 1.54) is 23.9 Å². The molecule has 1 aliphatic rings. The third-order valence-electron chi connectivity index (χ3n) is 3.59. The number of rotatable bonds is 3. The van der Waals surface area contributed by atoms with E-state index in [2.05, 4.69) is 34.3 Å². The molecular formula is C20H17FN2S. The molecule has 2 nitrogen and oxygen atoms in total. The van der Waals surface area contributed by atoms with Gasteiger partial charge in [0, 0.05) is 30.6 Å². The van der Waals surface area contributed by atoms with Crippen molar-refractivity contribution in [1.82, 2.24) is 4.98 Å². The maximum Gasteiger partial charge on any atom is 0.123 e. The first-order valence-electron chi connectivity index (χ1n) is 7.65. The molecule has 120 valence electrons. The molecule has 4 heteroatoms. The molecule has 1 aliphatic carbocycles. The van der Waals surface area contributed by atoms with Crippen molar-refractivity contribution in [3.8, 4) is 0 Å². The van der Waals surface area contributed by atoms with Gasteiger partial charge in [0.15, 0.2) is 0 Å². The van der Waals surface area contributed by atoms with Crippen LogP contribution in [-0.2, 0) is 0 Å². The number of benzene rings is 1. The first-order chi connectivity index (χ1) is 11.8. The number of pyridine rings is 1. The van der Waals surface area contributed by atoms with Crippen molar-refractivity contribution in [2.24, 2.45) is 4.99 Å². The van der Waals surface area contributed by atoms with E-state index in [1.54, 1.807) is 13.1 Å². The fourth-order valence-corrected chi connectivity index (χ4v) is 3.21. The Morgan fingerprint density at radius 1 is 1.25 bits per heavy atom. The molecular weight excluding hydrogens is 319 g/mol. The SMILES string of the molecule is CN=C(S/C=C/c1cccc(F)c1)c1cncc2c1C=CCC=C2. The molecule has 0 aliphatic heterocycles. The van der Waals surface area contributed by atoms with Crippen molar-refractivity contribution in [1.29, 1.82) is 0 Å². The highest BCUT2D eigenvalue weighted by atomic mass is 32.2. The smallest absolute Gasteiger partial charge is 0.123 e. The van der Waals surface area contributed by atoms with Crippen LogP contribution in [0.4, 0.5) is 4.39 Å². The minimum absolute atomic E-state index is 0.235. The minimum Gasteiger partial charge on any atom is -0.281 e. The number of nitrogens with zero attached hydrogens (tertiary/aromatic N) is 2. The number of aliphatic imine (C=N–C) groups is 1. The van der Waals surface area contributed by atoms with E-state index in [0.29, 0.717) is 0 Å². The molecule has 0 spiro atoms. The van der Waals surface area contributed by atoms with Crippen LogP contribution in [0.3, 0.4) is 0 Å². The molecule has 3 rings (SSSR count). The van der Waals surface area contributed by atoms with Crippen LogP contribution in [0.1, 0.15) is 28.7 Å². The number of hydrogen-bond acceptors (Lipinski definition) is 3. The fourth-order valence-electron chi connectivity index (χ4n) is 2.46. The van der Waals surface area contributed by atoms with Crippen molar-refractivity contribution >= 4 is 35.0 Å². The molecule has 2 aromatic rings. The summed E-state index contributed by atoms with van der Waals surface area (Å²) < 4.78 is 13.2. The van der Waals surface area contributed by atoms with E-state index in [-0.39, 0.29) is 5.82 Å². The third-order valence-corrected chi connectivity index (χ3v) is 4.49. The molecule has 0 N–H and O–H groups in total. The summed E-state index contributed by atoms with van der Waals surface area (Å²) in [7, 11) is 1.77. The van der Waals surface area contributed by atoms with Crippen molar-refractivity contribution < 1.29 is 4.39 Å². The summed E-state index contributed by atoms with van der Waals surface area (Å²) in [5, 5.41) is 2.80. The first-order valence-corrected chi connectivity index (χ1v) is 8.53. The van der Waals surface area contributed by atoms with Gasteiger partial charge in [-0.15, -0.1) is 0 Å². The second-order valence-electron chi connectivity index (χ2n) is 5.23. The van der Waals surface area contributed by atoms with E-state index in [0.717, 1.165) is 33.7 Å². The Labute approximate surface area is 145 Å². The maximum absolute atomic E-state index is 13.2. The van der Waals surface area contributed by atoms with Crippen molar-refractivity contribution in [3.63, 3.8) is 0 Å². The van der Waals surface area contributed by atoms with Gasteiger partial charge in [-0.3, -0.25) is 9.98 Å². The van der Waals surface area contributed by atoms with Gasteiger partial charge >= 0.3 is 0 Å². The predicted molar refractivity (Wildman–Crippen MR) is 102 cm³/mol. The number of thioether (sulfide) groups is 1. The summed E-state index contributed by atoms with van der Waals surface area (Å²) in [6, 6.07) is 6.51. The zero-order valence-corrected chi connectivity index (χ0v) is 14.1. The van der Waals surface area contributed by atoms with Gasteiger partial charge in [-0.1, -0.05) is 48.2 Å². The largest absolute Gasteiger partial charge is 0.281 e. The Morgan fingerprint density at radius 3 is 2.96 bits per heavy atom. The lowest BCUT2D eigenvalue weighted by atomic mass is 10.1. The summed E-state index contributed by atoms with van der Waals surface area (Å²) in [5.74, 6) is -0.235. The number of aromatic nitrogens is 1. The lowest BCUT2D eigenvalue weighted by molar-refractivity contribution is 0.627. The number of halogens is 1. The topological polar surface area (TPSA) is 25.2 Å². The number of allylic oxidation sites excluding steroid dienone is 2. The van der Waals surface area contributed by atoms with Crippen molar-refractivity contribution in [2.75, 3.05) is 7.05 Å². The number of hydrogen-bond donors (Lipinski definition) is 0. The Morgan fingerprint density at radius 2 is 2.12 bits per heavy atom. The van der Waals surface area contributed by atoms with Crippen LogP contribution in [0, 0.1) is 5.82 Å². The standard InChI is InChI=1S/C20H17FN2S/c1-22-20(24-11-10-15-6-5-8-17(21)12-15)19-14-23-13-16-7-3-2-4-9-18(16)19/h3-14H,2H2,1H3/b11-10+,22-20?. The van der Waals surface area contributed by atoms with Gasteiger partial charge in [0.1, 0.15) is 10.9 Å². The highest BCUT2D eigenvalue weighted by molar-refractivity contribution is 8.17. The van der Waals surface area contributed by atoms with Crippen LogP contribution >= 0.6 is 11.8 Å². The van der Waals surface area contributed by atoms with E-state index < -0.39 is 0 Å². The fraction of sp³-hybridized carbons (Fsp3) is 0.100. The van der Waals surface area contributed by atoms with Crippen LogP contribution in [0.2, 0.25) is 0 Å². The Kier molecular flexibility index (Phi) is 5.39. The average Bonchev–Trinajstić information content (AvgIpc) is 2.84. The van der Waals surface area contributed by atoms with E-state index >= 15 is 0 Å². The summed E-state index contributed by atoms with van der Waals surface area (Å²) >= 11 is 1.50. The molecule has 0 amide bonds. The van der Waals surface area contributed by atoms with Crippen LogP contribution in [0.25, 0.3) is 18.2 Å². The van der Waals surface area contributed by atoms with Gasteiger partial charge in [-0.2, -0.15) is 0 Å². The summed E-state index contributed by atoms with van der Waals surface area (Å²) in [6.07, 6.45) is 15.0. The zero-order valence-electron chi connectivity index (χ0n) is 13.3. The van der Waals surface area contributed by atoms with Crippen molar-refractivity contribution in [3.05, 3.63) is 82.3 Å². The van der Waals surface area contributed by atoms with E-state index in [1.807, 2.05) is 29.9 Å². The van der Waals surface area contributed by atoms with Crippen molar-refractivity contribution in [2.45, 2.75) is 6.42 Å². The van der Waals surface area contributed by atoms with Gasteiger partial charge in [0.25, 0.3) is 0 Å². The highest BCUT2D eigenvalue weighted by Gasteiger charge is 2.11. The number of fused-ring (bicyclic) bond motifs is 1. The molecule has 0 radical (unpaired) electrons. The normalized spacial score (nSPS) is 14.0. The van der Waals surface area contributed by atoms with Crippen LogP contribution in [-0.4, -0.2) is 17.1 Å². The summed E-state index contributed by atoms with van der Waals surface area (Å²) in [6.45, 7) is 0. The molecule has 1 aromatic carbocycles. The monoisotopic (exact) mass is 336 g/mol. The first kappa shape index (κ1) is 16.4. The lowest BCUT2D eigenvalue weighted by Crippen LogP contribution is -2.00. The molecule has 0 saturated heterocycles. The Balaban J connectivity index is 1.84. The van der Waals surface area contributed by atoms with Crippen LogP contribution < -0.4 is 0 Å². The van der Waals surface area contributed by atoms with E-state index in [9.17, 15) is 4.39 Å². The Hall–Kier alpha value is -2.46. The molecule has 0 bridgehead atoms. The molecule has 1 aromatic heterocycles. The Bertz CT molecular complexity index is 850. The zero-order chi connectivity index (χ0) is 16.8. The second-order valence-corrected chi connectivity index (χ2v) is 6.13. The third kappa shape index (κ3) is 3.89. The van der Waals surface area contributed by atoms with Gasteiger partial charge in [-0.25, -0.2) is 4.39 Å². The van der Waals surface area contributed by atoms with Crippen LogP contribution in [0.5, 0.6) is 0 Å². The van der Waals surface area contributed by atoms with Gasteiger partial charge in [0.2, 0.25) is 0 Å². The highest BCUT2D eigenvalue weighted by Crippen LogP contribution is 2.25. The van der Waals surface area contributed by atoms with E-state index in [4.69, 9.17) is 0 Å². The summed E-state index contributed by atoms with van der Waals surface area (Å²) in [5.41, 5.74) is 4.06. The molecule has 0 saturated carbocycles. The summed E-state index contributed by atoms with van der Waals surface area (Å²) in [4.78, 5) is 8.74. The maximum atomic E-state index is 13.2. The molecule has 0 unspecified atom stereocenters. The van der Waals surface area contributed by atoms with Gasteiger partial charge in [-0.05, 0) is 41.2 Å². The second kappa shape index (κ2) is 7.88. The molecule has 24 heavy (non-hydrogen) atoms. The average molecular weight is 336 g/mol. The van der Waals surface area contributed by atoms with Gasteiger partial charge < -0.3 is 0 Å². The lowest BCUT2D eigenvalue weighted by Gasteiger charge is -2.09. The quantitative estimate of drug-likeness (QED) is 0.551. The molecule has 1 heterocycles. The molecule has 0 atom stereocenters. The minimum atomic E-state index is -0.235.